The van der Waals surface area contributed by atoms with Crippen LogP contribution in [0.3, 0.4) is 0 Å². The van der Waals surface area contributed by atoms with Gasteiger partial charge in [0.1, 0.15) is 13.2 Å². The number of ether oxygens (including phenoxy) is 3. The number of carbonyl (C=O) groups excluding carboxylic acids is 3. The zero-order chi connectivity index (χ0) is 56.4. The van der Waals surface area contributed by atoms with Crippen molar-refractivity contribution in [3.8, 4) is 0 Å². The highest BCUT2D eigenvalue weighted by molar-refractivity contribution is 5.71. The zero-order valence-corrected chi connectivity index (χ0v) is 52.5. The number of hydrogen-bond donors (Lipinski definition) is 0. The highest BCUT2D eigenvalue weighted by atomic mass is 16.6. The standard InChI is InChI=1S/C72H132O6/c1-4-7-10-13-16-19-22-25-27-29-31-32-33-34-35-36-37-38-39-40-42-43-45-47-50-53-56-59-62-65-71(74)77-68-69(67-76-70(73)64-61-58-55-52-49-24-21-18-15-12-9-6-3)78-72(75)66-63-60-57-54-51-48-46-44-41-30-28-26-23-20-17-14-11-8-5-2/h17-18,20-21,26,28-29,31,69H,4-16,19,22-25,27,30,32-68H2,1-3H3/b20-17-,21-18-,28-26-,31-29-. The summed E-state index contributed by atoms with van der Waals surface area (Å²) in [5.74, 6) is -0.866. The maximum absolute atomic E-state index is 12.9. The zero-order valence-electron chi connectivity index (χ0n) is 52.5. The molecular formula is C72H132O6. The molecular weight excluding hydrogens is 961 g/mol. The van der Waals surface area contributed by atoms with Gasteiger partial charge in [0.15, 0.2) is 6.10 Å². The van der Waals surface area contributed by atoms with E-state index in [1.54, 1.807) is 0 Å². The highest BCUT2D eigenvalue weighted by Crippen LogP contribution is 2.18. The largest absolute Gasteiger partial charge is 0.462 e. The third-order valence-corrected chi connectivity index (χ3v) is 15.5. The van der Waals surface area contributed by atoms with Gasteiger partial charge in [0.2, 0.25) is 0 Å². The fourth-order valence-corrected chi connectivity index (χ4v) is 10.3. The van der Waals surface area contributed by atoms with E-state index in [2.05, 4.69) is 69.4 Å². The van der Waals surface area contributed by atoms with Crippen molar-refractivity contribution in [2.45, 2.75) is 380 Å². The van der Waals surface area contributed by atoms with Crippen molar-refractivity contribution < 1.29 is 28.6 Å². The van der Waals surface area contributed by atoms with Crippen LogP contribution in [0.25, 0.3) is 0 Å². The van der Waals surface area contributed by atoms with E-state index >= 15 is 0 Å². The van der Waals surface area contributed by atoms with Crippen molar-refractivity contribution in [2.75, 3.05) is 13.2 Å². The second kappa shape index (κ2) is 66.9. The maximum atomic E-state index is 12.9. The summed E-state index contributed by atoms with van der Waals surface area (Å²) in [6, 6.07) is 0. The Bertz CT molecular complexity index is 1350. The first kappa shape index (κ1) is 75.4. The molecule has 78 heavy (non-hydrogen) atoms. The summed E-state index contributed by atoms with van der Waals surface area (Å²) in [6.07, 6.45) is 84.3. The first-order valence-electron chi connectivity index (χ1n) is 34.6. The van der Waals surface area contributed by atoms with Gasteiger partial charge in [0, 0.05) is 19.3 Å². The van der Waals surface area contributed by atoms with E-state index < -0.39 is 6.10 Å². The van der Waals surface area contributed by atoms with Gasteiger partial charge >= 0.3 is 17.9 Å². The van der Waals surface area contributed by atoms with Crippen molar-refractivity contribution in [1.82, 2.24) is 0 Å². The molecule has 0 amide bonds. The molecule has 0 saturated carbocycles. The van der Waals surface area contributed by atoms with Crippen LogP contribution in [-0.4, -0.2) is 37.2 Å². The summed E-state index contributed by atoms with van der Waals surface area (Å²) in [5.41, 5.74) is 0. The lowest BCUT2D eigenvalue weighted by atomic mass is 10.0. The minimum atomic E-state index is -0.778. The molecule has 6 heteroatoms. The molecule has 0 fully saturated rings. The third-order valence-electron chi connectivity index (χ3n) is 15.5. The maximum Gasteiger partial charge on any atom is 0.306 e. The Labute approximate surface area is 486 Å². The predicted molar refractivity (Wildman–Crippen MR) is 339 cm³/mol. The van der Waals surface area contributed by atoms with Crippen molar-refractivity contribution in [1.29, 1.82) is 0 Å². The summed E-state index contributed by atoms with van der Waals surface area (Å²) >= 11 is 0. The Morgan fingerprint density at radius 3 is 0.744 bits per heavy atom. The van der Waals surface area contributed by atoms with Crippen LogP contribution in [0, 0.1) is 0 Å². The Balaban J connectivity index is 4.18. The SMILES string of the molecule is CCCCC/C=C\C/C=C\CCCCCCCCCCCC(=O)OC(COC(=O)CCCCCCC/C=C\CCCCC)COC(=O)CCCCCCCCCCCCCCCCCCC/C=C\CCCCCCCCCC. The predicted octanol–water partition coefficient (Wildman–Crippen LogP) is 23.7. The van der Waals surface area contributed by atoms with Crippen LogP contribution in [0.5, 0.6) is 0 Å². The summed E-state index contributed by atoms with van der Waals surface area (Å²) in [7, 11) is 0. The van der Waals surface area contributed by atoms with E-state index in [9.17, 15) is 14.4 Å². The number of unbranched alkanes of at least 4 members (excludes halogenated alkanes) is 45. The molecule has 0 bridgehead atoms. The first-order valence-corrected chi connectivity index (χ1v) is 34.6. The lowest BCUT2D eigenvalue weighted by Gasteiger charge is -2.18. The summed E-state index contributed by atoms with van der Waals surface area (Å²) in [5, 5.41) is 0. The fourth-order valence-electron chi connectivity index (χ4n) is 10.3. The minimum absolute atomic E-state index is 0.0739. The fraction of sp³-hybridized carbons (Fsp3) is 0.847. The van der Waals surface area contributed by atoms with E-state index in [-0.39, 0.29) is 31.1 Å². The van der Waals surface area contributed by atoms with Crippen molar-refractivity contribution in [3.63, 3.8) is 0 Å². The molecule has 0 aromatic rings. The molecule has 0 aliphatic rings. The van der Waals surface area contributed by atoms with Crippen LogP contribution >= 0.6 is 0 Å². The topological polar surface area (TPSA) is 78.9 Å². The monoisotopic (exact) mass is 1090 g/mol. The molecule has 0 heterocycles. The number of rotatable bonds is 64. The van der Waals surface area contributed by atoms with E-state index in [0.29, 0.717) is 19.3 Å². The Hall–Kier alpha value is -2.63. The molecule has 0 aromatic carbocycles. The van der Waals surface area contributed by atoms with Crippen LogP contribution in [-0.2, 0) is 28.6 Å². The molecule has 6 nitrogen and oxygen atoms in total. The van der Waals surface area contributed by atoms with Crippen LogP contribution in [0.4, 0.5) is 0 Å². The van der Waals surface area contributed by atoms with Crippen LogP contribution < -0.4 is 0 Å². The lowest BCUT2D eigenvalue weighted by Crippen LogP contribution is -2.30. The van der Waals surface area contributed by atoms with E-state index in [1.165, 1.54) is 263 Å². The molecule has 456 valence electrons. The van der Waals surface area contributed by atoms with Crippen molar-refractivity contribution >= 4 is 17.9 Å². The van der Waals surface area contributed by atoms with Gasteiger partial charge in [-0.25, -0.2) is 0 Å². The van der Waals surface area contributed by atoms with Gasteiger partial charge in [-0.05, 0) is 103 Å². The molecule has 0 radical (unpaired) electrons. The summed E-state index contributed by atoms with van der Waals surface area (Å²) in [4.78, 5) is 38.3. The second-order valence-corrected chi connectivity index (χ2v) is 23.4. The third kappa shape index (κ3) is 64.2. The van der Waals surface area contributed by atoms with E-state index in [1.807, 2.05) is 0 Å². The van der Waals surface area contributed by atoms with E-state index in [0.717, 1.165) is 70.6 Å². The molecule has 1 unspecified atom stereocenters. The summed E-state index contributed by atoms with van der Waals surface area (Å²) in [6.45, 7) is 6.64. The second-order valence-electron chi connectivity index (χ2n) is 23.4. The van der Waals surface area contributed by atoms with Gasteiger partial charge in [0.25, 0.3) is 0 Å². The van der Waals surface area contributed by atoms with Gasteiger partial charge in [-0.15, -0.1) is 0 Å². The Kier molecular flexibility index (Phi) is 64.6. The minimum Gasteiger partial charge on any atom is -0.462 e. The highest BCUT2D eigenvalue weighted by Gasteiger charge is 2.19. The van der Waals surface area contributed by atoms with Gasteiger partial charge in [0.05, 0.1) is 0 Å². The Morgan fingerprint density at radius 1 is 0.256 bits per heavy atom. The van der Waals surface area contributed by atoms with Gasteiger partial charge in [-0.3, -0.25) is 14.4 Å². The van der Waals surface area contributed by atoms with Crippen LogP contribution in [0.2, 0.25) is 0 Å². The molecule has 0 saturated heterocycles. The van der Waals surface area contributed by atoms with E-state index in [4.69, 9.17) is 14.2 Å². The molecule has 0 spiro atoms. The first-order chi connectivity index (χ1) is 38.5. The normalized spacial score (nSPS) is 12.3. The van der Waals surface area contributed by atoms with Gasteiger partial charge < -0.3 is 14.2 Å². The molecule has 0 rings (SSSR count). The van der Waals surface area contributed by atoms with Crippen molar-refractivity contribution in [3.05, 3.63) is 48.6 Å². The molecule has 0 aromatic heterocycles. The summed E-state index contributed by atoms with van der Waals surface area (Å²) < 4.78 is 16.9. The lowest BCUT2D eigenvalue weighted by molar-refractivity contribution is -0.167. The number of esters is 3. The van der Waals surface area contributed by atoms with Crippen LogP contribution in [0.15, 0.2) is 48.6 Å². The number of carbonyl (C=O) groups is 3. The smallest absolute Gasteiger partial charge is 0.306 e. The molecule has 0 aliphatic carbocycles. The van der Waals surface area contributed by atoms with Gasteiger partial charge in [-0.1, -0.05) is 301 Å². The van der Waals surface area contributed by atoms with Gasteiger partial charge in [-0.2, -0.15) is 0 Å². The van der Waals surface area contributed by atoms with Crippen molar-refractivity contribution in [2.24, 2.45) is 0 Å². The molecule has 1 atom stereocenters. The average molecular weight is 1090 g/mol. The number of allylic oxidation sites excluding steroid dienone is 8. The molecule has 0 aliphatic heterocycles. The number of hydrogen-bond acceptors (Lipinski definition) is 6. The average Bonchev–Trinajstić information content (AvgIpc) is 3.44. The molecule has 0 N–H and O–H groups in total. The quantitative estimate of drug-likeness (QED) is 0.0261. The van der Waals surface area contributed by atoms with Crippen LogP contribution in [0.1, 0.15) is 374 Å². The Morgan fingerprint density at radius 2 is 0.462 bits per heavy atom.